The molecular formula is C12H10O4SSe2. The molecule has 0 N–H and O–H groups in total. The summed E-state index contributed by atoms with van der Waals surface area (Å²) in [4.78, 5) is 23.5. The number of hydrogen-bond acceptors (Lipinski definition) is 5. The molecule has 100 valence electrons. The van der Waals surface area contributed by atoms with E-state index >= 15 is 0 Å². The summed E-state index contributed by atoms with van der Waals surface area (Å²) in [5.41, 5.74) is 1.10. The van der Waals surface area contributed by atoms with E-state index in [1.165, 1.54) is 14.2 Å². The summed E-state index contributed by atoms with van der Waals surface area (Å²) >= 11 is 1.27. The monoisotopic (exact) mass is 410 g/mol. The van der Waals surface area contributed by atoms with E-state index in [4.69, 9.17) is 9.47 Å². The fourth-order valence-electron chi connectivity index (χ4n) is 1.33. The Morgan fingerprint density at radius 1 is 1.00 bits per heavy atom. The van der Waals surface area contributed by atoms with E-state index in [0.29, 0.717) is 8.94 Å². The van der Waals surface area contributed by atoms with Crippen LogP contribution in [0.5, 0.6) is 0 Å². The number of rotatable bonds is 2. The first-order valence-corrected chi connectivity index (χ1v) is 9.53. The Hall–Kier alpha value is -0.711. The number of thioether (sulfide) groups is 1. The summed E-state index contributed by atoms with van der Waals surface area (Å²) in [6.45, 7) is 0. The Morgan fingerprint density at radius 3 is 1.89 bits per heavy atom. The second kappa shape index (κ2) is 6.64. The van der Waals surface area contributed by atoms with Gasteiger partial charge < -0.3 is 0 Å². The van der Waals surface area contributed by atoms with Crippen molar-refractivity contribution in [3.05, 3.63) is 40.9 Å². The van der Waals surface area contributed by atoms with Crippen LogP contribution in [-0.2, 0) is 19.1 Å². The summed E-state index contributed by atoms with van der Waals surface area (Å²) in [5.74, 6) is -0.841. The Morgan fingerprint density at radius 2 is 1.47 bits per heavy atom. The third kappa shape index (κ3) is 3.25. The molecule has 0 atom stereocenters. The minimum atomic E-state index is -0.420. The second-order valence-corrected chi connectivity index (χ2v) is 9.74. The van der Waals surface area contributed by atoms with Gasteiger partial charge in [-0.2, -0.15) is 0 Å². The Balaban J connectivity index is 2.34. The van der Waals surface area contributed by atoms with Crippen molar-refractivity contribution in [2.24, 2.45) is 0 Å². The van der Waals surface area contributed by atoms with Gasteiger partial charge >= 0.3 is 128 Å². The Labute approximate surface area is 127 Å². The standard InChI is InChI=1S/C12H10O4SSe2/c1-15-10(13)8-9(11(14)16-2)19-12(18-8)7-3-5-17-6-4-7/h3-6H,1-2H3. The number of esters is 2. The number of carbonyl (C=O) groups is 2. The van der Waals surface area contributed by atoms with Crippen LogP contribution in [0.2, 0.25) is 0 Å². The molecule has 2 heterocycles. The molecule has 0 bridgehead atoms. The van der Waals surface area contributed by atoms with Crippen LogP contribution in [0.4, 0.5) is 0 Å². The molecule has 0 fully saturated rings. The van der Waals surface area contributed by atoms with Crippen molar-refractivity contribution >= 4 is 53.6 Å². The van der Waals surface area contributed by atoms with Gasteiger partial charge in [0.2, 0.25) is 0 Å². The fraction of sp³-hybridized carbons (Fsp3) is 0.167. The number of methoxy groups -OCH3 is 2. The van der Waals surface area contributed by atoms with Crippen LogP contribution in [-0.4, -0.2) is 56.1 Å². The molecule has 2 aliphatic rings. The van der Waals surface area contributed by atoms with E-state index in [1.807, 2.05) is 23.0 Å². The van der Waals surface area contributed by atoms with Crippen LogP contribution < -0.4 is 0 Å². The van der Waals surface area contributed by atoms with Gasteiger partial charge in [0, 0.05) is 0 Å². The molecule has 19 heavy (non-hydrogen) atoms. The average Bonchev–Trinajstić information content (AvgIpc) is 2.91. The van der Waals surface area contributed by atoms with Crippen molar-refractivity contribution in [3.8, 4) is 0 Å². The molecule has 0 saturated heterocycles. The van der Waals surface area contributed by atoms with Gasteiger partial charge in [0.1, 0.15) is 0 Å². The number of carbonyl (C=O) groups excluding carboxylic acids is 2. The molecule has 0 aromatic heterocycles. The first kappa shape index (κ1) is 14.7. The molecule has 0 aliphatic carbocycles. The topological polar surface area (TPSA) is 52.6 Å². The molecule has 0 saturated carbocycles. The Kier molecular flexibility index (Phi) is 5.13. The van der Waals surface area contributed by atoms with Crippen molar-refractivity contribution in [2.75, 3.05) is 14.2 Å². The van der Waals surface area contributed by atoms with Crippen molar-refractivity contribution in [2.45, 2.75) is 0 Å². The molecule has 0 aromatic rings. The van der Waals surface area contributed by atoms with Crippen LogP contribution in [0.15, 0.2) is 40.9 Å². The maximum atomic E-state index is 11.7. The molecule has 0 unspecified atom stereocenters. The van der Waals surface area contributed by atoms with Crippen LogP contribution in [0, 0.1) is 0 Å². The zero-order valence-corrected chi connectivity index (χ0v) is 14.4. The van der Waals surface area contributed by atoms with Crippen molar-refractivity contribution in [1.29, 1.82) is 0 Å². The van der Waals surface area contributed by atoms with Gasteiger partial charge in [-0.15, -0.1) is 0 Å². The van der Waals surface area contributed by atoms with Gasteiger partial charge in [-0.05, 0) is 0 Å². The summed E-state index contributed by atoms with van der Waals surface area (Å²) in [6.07, 6.45) is 4.03. The molecule has 2 rings (SSSR count). The van der Waals surface area contributed by atoms with Crippen LogP contribution in [0.1, 0.15) is 0 Å². The van der Waals surface area contributed by atoms with Crippen molar-refractivity contribution in [1.82, 2.24) is 0 Å². The predicted molar refractivity (Wildman–Crippen MR) is 75.5 cm³/mol. The zero-order chi connectivity index (χ0) is 13.8. The van der Waals surface area contributed by atoms with E-state index in [0.717, 1.165) is 8.94 Å². The third-order valence-electron chi connectivity index (χ3n) is 2.23. The Bertz CT molecular complexity index is 502. The number of ether oxygens (including phenoxy) is 2. The average molecular weight is 408 g/mol. The third-order valence-corrected chi connectivity index (χ3v) is 9.46. The van der Waals surface area contributed by atoms with Crippen LogP contribution in [0.25, 0.3) is 0 Å². The molecule has 0 spiro atoms. The van der Waals surface area contributed by atoms with Crippen molar-refractivity contribution in [3.63, 3.8) is 0 Å². The van der Waals surface area contributed by atoms with E-state index in [2.05, 4.69) is 0 Å². The van der Waals surface area contributed by atoms with Crippen LogP contribution >= 0.6 is 11.8 Å². The molecule has 0 amide bonds. The second-order valence-electron chi connectivity index (χ2n) is 3.33. The van der Waals surface area contributed by atoms with Crippen molar-refractivity contribution < 1.29 is 19.1 Å². The molecule has 2 aliphatic heterocycles. The quantitative estimate of drug-likeness (QED) is 0.503. The van der Waals surface area contributed by atoms with Gasteiger partial charge in [0.25, 0.3) is 0 Å². The summed E-state index contributed by atoms with van der Waals surface area (Å²) in [7, 11) is 2.66. The van der Waals surface area contributed by atoms with E-state index in [1.54, 1.807) is 11.8 Å². The number of allylic oxidation sites excluding steroid dienone is 3. The molecular weight excluding hydrogens is 398 g/mol. The van der Waals surface area contributed by atoms with Gasteiger partial charge in [-0.25, -0.2) is 0 Å². The first-order chi connectivity index (χ1) is 9.17. The summed E-state index contributed by atoms with van der Waals surface area (Å²) < 4.78 is 11.6. The maximum absolute atomic E-state index is 11.7. The van der Waals surface area contributed by atoms with Crippen LogP contribution in [0.3, 0.4) is 0 Å². The normalized spacial score (nSPS) is 18.0. The molecule has 7 heteroatoms. The SMILES string of the molecule is COC(=O)C1=C(C(=O)OC)[Se]C(=C2C=CSC=C2)[Se]1. The predicted octanol–water partition coefficient (Wildman–Crippen LogP) is 0.952. The first-order valence-electron chi connectivity index (χ1n) is 5.16. The molecule has 0 radical (unpaired) electrons. The number of hydrogen-bond donors (Lipinski definition) is 0. The van der Waals surface area contributed by atoms with Gasteiger partial charge in [-0.1, -0.05) is 0 Å². The van der Waals surface area contributed by atoms with E-state index < -0.39 is 11.9 Å². The summed E-state index contributed by atoms with van der Waals surface area (Å²) in [5, 5.41) is 3.98. The minimum absolute atomic E-state index is 0.164. The molecule has 4 nitrogen and oxygen atoms in total. The zero-order valence-electron chi connectivity index (χ0n) is 10.2. The van der Waals surface area contributed by atoms with Gasteiger partial charge in [-0.3, -0.25) is 0 Å². The van der Waals surface area contributed by atoms with E-state index in [9.17, 15) is 9.59 Å². The summed E-state index contributed by atoms with van der Waals surface area (Å²) in [6, 6.07) is 0. The molecule has 0 aromatic carbocycles. The fourth-order valence-corrected chi connectivity index (χ4v) is 8.42. The van der Waals surface area contributed by atoms with E-state index in [-0.39, 0.29) is 29.9 Å². The van der Waals surface area contributed by atoms with Gasteiger partial charge in [0.05, 0.1) is 0 Å². The van der Waals surface area contributed by atoms with Gasteiger partial charge in [0.15, 0.2) is 0 Å².